The molecule has 1 saturated carbocycles. The van der Waals surface area contributed by atoms with Gasteiger partial charge < -0.3 is 0 Å². The Balaban J connectivity index is 1.37. The lowest BCUT2D eigenvalue weighted by Crippen LogP contribution is -2.13. The van der Waals surface area contributed by atoms with Gasteiger partial charge in [0.1, 0.15) is 0 Å². The summed E-state index contributed by atoms with van der Waals surface area (Å²) < 4.78 is 27.1. The molecule has 0 bridgehead atoms. The lowest BCUT2D eigenvalue weighted by molar-refractivity contribution is 0.303. The molecule has 0 spiro atoms. The van der Waals surface area contributed by atoms with Crippen LogP contribution in [0.25, 0.3) is 5.57 Å². The van der Waals surface area contributed by atoms with Gasteiger partial charge in [-0.15, -0.1) is 0 Å². The van der Waals surface area contributed by atoms with E-state index in [9.17, 15) is 8.78 Å². The summed E-state index contributed by atoms with van der Waals surface area (Å²) in [5.41, 5.74) is 5.70. The van der Waals surface area contributed by atoms with Crippen LogP contribution >= 0.6 is 0 Å². The molecule has 0 heterocycles. The molecule has 0 aromatic heterocycles. The van der Waals surface area contributed by atoms with E-state index in [1.807, 2.05) is 0 Å². The van der Waals surface area contributed by atoms with E-state index in [-0.39, 0.29) is 0 Å². The molecule has 2 heteroatoms. The second-order valence-corrected chi connectivity index (χ2v) is 8.98. The second kappa shape index (κ2) is 9.24. The number of rotatable bonds is 6. The van der Waals surface area contributed by atoms with Crippen LogP contribution in [-0.4, -0.2) is 0 Å². The Labute approximate surface area is 174 Å². The van der Waals surface area contributed by atoms with Crippen molar-refractivity contribution in [1.29, 1.82) is 0 Å². The molecule has 0 N–H and O–H groups in total. The minimum atomic E-state index is -0.745. The SMILES string of the molecule is CCCCCC1CCC(c2ccc(C3=CCc4cc(F)c(F)cc4C3)cc2)CC1. The number of fused-ring (bicyclic) bond motifs is 1. The van der Waals surface area contributed by atoms with Gasteiger partial charge >= 0.3 is 0 Å². The van der Waals surface area contributed by atoms with Gasteiger partial charge in [-0.2, -0.15) is 0 Å². The Morgan fingerprint density at radius 1 is 0.862 bits per heavy atom. The number of unbranched alkanes of at least 4 members (excludes halogenated alkanes) is 2. The van der Waals surface area contributed by atoms with Crippen LogP contribution in [0, 0.1) is 17.6 Å². The fourth-order valence-electron chi connectivity index (χ4n) is 5.15. The van der Waals surface area contributed by atoms with Gasteiger partial charge in [-0.05, 0) is 90.3 Å². The molecule has 154 valence electrons. The molecule has 0 aliphatic heterocycles. The summed E-state index contributed by atoms with van der Waals surface area (Å²) in [6, 6.07) is 11.7. The first-order valence-corrected chi connectivity index (χ1v) is 11.4. The predicted octanol–water partition coefficient (Wildman–Crippen LogP) is 8.00. The minimum Gasteiger partial charge on any atom is -0.204 e. The summed E-state index contributed by atoms with van der Waals surface area (Å²) in [4.78, 5) is 0. The summed E-state index contributed by atoms with van der Waals surface area (Å²) in [5, 5.41) is 0. The van der Waals surface area contributed by atoms with E-state index >= 15 is 0 Å². The van der Waals surface area contributed by atoms with E-state index in [0.717, 1.165) is 17.0 Å². The molecular weight excluding hydrogens is 362 g/mol. The van der Waals surface area contributed by atoms with Crippen molar-refractivity contribution in [1.82, 2.24) is 0 Å². The van der Waals surface area contributed by atoms with E-state index in [1.165, 1.54) is 80.2 Å². The molecule has 2 aromatic carbocycles. The zero-order valence-corrected chi connectivity index (χ0v) is 17.5. The van der Waals surface area contributed by atoms with Gasteiger partial charge in [-0.3, -0.25) is 0 Å². The first-order valence-electron chi connectivity index (χ1n) is 11.4. The van der Waals surface area contributed by atoms with E-state index in [1.54, 1.807) is 0 Å². The number of allylic oxidation sites excluding steroid dienone is 2. The zero-order chi connectivity index (χ0) is 20.2. The maximum absolute atomic E-state index is 13.6. The minimum absolute atomic E-state index is 0.672. The van der Waals surface area contributed by atoms with Crippen molar-refractivity contribution >= 4 is 5.57 Å². The topological polar surface area (TPSA) is 0 Å². The molecule has 1 fully saturated rings. The van der Waals surface area contributed by atoms with Crippen molar-refractivity contribution in [2.75, 3.05) is 0 Å². The van der Waals surface area contributed by atoms with Crippen LogP contribution in [0.2, 0.25) is 0 Å². The van der Waals surface area contributed by atoms with E-state index in [4.69, 9.17) is 0 Å². The molecule has 4 rings (SSSR count). The van der Waals surface area contributed by atoms with Crippen molar-refractivity contribution in [2.24, 2.45) is 5.92 Å². The van der Waals surface area contributed by atoms with Gasteiger partial charge in [0.25, 0.3) is 0 Å². The lowest BCUT2D eigenvalue weighted by Gasteiger charge is -2.29. The number of hydrogen-bond donors (Lipinski definition) is 0. The van der Waals surface area contributed by atoms with E-state index in [0.29, 0.717) is 18.8 Å². The Hall–Kier alpha value is -1.96. The average Bonchev–Trinajstić information content (AvgIpc) is 2.75. The normalized spacial score (nSPS) is 21.6. The van der Waals surface area contributed by atoms with Gasteiger partial charge in [0.2, 0.25) is 0 Å². The van der Waals surface area contributed by atoms with Crippen LogP contribution in [0.5, 0.6) is 0 Å². The van der Waals surface area contributed by atoms with Gasteiger partial charge in [-0.25, -0.2) is 8.78 Å². The Morgan fingerprint density at radius 3 is 2.24 bits per heavy atom. The smallest absolute Gasteiger partial charge is 0.159 e. The third kappa shape index (κ3) is 4.79. The molecule has 2 aromatic rings. The molecule has 0 saturated heterocycles. The molecular formula is C27H32F2. The molecule has 0 unspecified atom stereocenters. The summed E-state index contributed by atoms with van der Waals surface area (Å²) in [7, 11) is 0. The summed E-state index contributed by atoms with van der Waals surface area (Å²) in [6.45, 7) is 2.28. The van der Waals surface area contributed by atoms with Crippen LogP contribution in [0.1, 0.15) is 86.5 Å². The Kier molecular flexibility index (Phi) is 6.47. The van der Waals surface area contributed by atoms with Crippen LogP contribution in [0.15, 0.2) is 42.5 Å². The van der Waals surface area contributed by atoms with Crippen LogP contribution in [0.3, 0.4) is 0 Å². The maximum Gasteiger partial charge on any atom is 0.159 e. The van der Waals surface area contributed by atoms with E-state index < -0.39 is 11.6 Å². The maximum atomic E-state index is 13.6. The van der Waals surface area contributed by atoms with Crippen molar-refractivity contribution in [2.45, 2.75) is 77.0 Å². The highest BCUT2D eigenvalue weighted by Gasteiger charge is 2.22. The standard InChI is InChI=1S/C27H32F2/c1-2-3-4-5-19-6-8-20(9-7-19)21-10-12-22(13-11-21)23-14-15-24-17-26(28)27(29)18-25(24)16-23/h10-14,17-20H,2-9,15-16H2,1H3. The fraction of sp³-hybridized carbons (Fsp3) is 0.481. The van der Waals surface area contributed by atoms with Gasteiger partial charge in [0.05, 0.1) is 0 Å². The number of benzene rings is 2. The summed E-state index contributed by atoms with van der Waals surface area (Å²) in [5.74, 6) is 0.148. The third-order valence-electron chi connectivity index (χ3n) is 7.01. The van der Waals surface area contributed by atoms with Crippen LogP contribution in [0.4, 0.5) is 8.78 Å². The second-order valence-electron chi connectivity index (χ2n) is 8.98. The third-order valence-corrected chi connectivity index (χ3v) is 7.01. The molecule has 2 aliphatic rings. The first-order chi connectivity index (χ1) is 14.1. The molecule has 0 amide bonds. The molecule has 0 radical (unpaired) electrons. The van der Waals surface area contributed by atoms with Crippen molar-refractivity contribution in [3.63, 3.8) is 0 Å². The molecule has 0 nitrogen and oxygen atoms in total. The van der Waals surface area contributed by atoms with Gasteiger partial charge in [-0.1, -0.05) is 62.9 Å². The Bertz CT molecular complexity index is 855. The highest BCUT2D eigenvalue weighted by Crippen LogP contribution is 2.38. The van der Waals surface area contributed by atoms with E-state index in [2.05, 4.69) is 37.3 Å². The highest BCUT2D eigenvalue weighted by atomic mass is 19.2. The van der Waals surface area contributed by atoms with Gasteiger partial charge in [0, 0.05) is 0 Å². The van der Waals surface area contributed by atoms with Crippen molar-refractivity contribution in [3.8, 4) is 0 Å². The fourth-order valence-corrected chi connectivity index (χ4v) is 5.15. The summed E-state index contributed by atoms with van der Waals surface area (Å²) in [6.07, 6.45) is 14.4. The van der Waals surface area contributed by atoms with Crippen LogP contribution in [-0.2, 0) is 12.8 Å². The number of halogens is 2. The predicted molar refractivity (Wildman–Crippen MR) is 117 cm³/mol. The average molecular weight is 395 g/mol. The first kappa shape index (κ1) is 20.3. The van der Waals surface area contributed by atoms with Crippen molar-refractivity contribution in [3.05, 3.63) is 76.4 Å². The van der Waals surface area contributed by atoms with Crippen molar-refractivity contribution < 1.29 is 8.78 Å². The molecule has 0 atom stereocenters. The zero-order valence-electron chi connectivity index (χ0n) is 17.5. The highest BCUT2D eigenvalue weighted by molar-refractivity contribution is 5.70. The summed E-state index contributed by atoms with van der Waals surface area (Å²) >= 11 is 0. The largest absolute Gasteiger partial charge is 0.204 e. The Morgan fingerprint density at radius 2 is 1.55 bits per heavy atom. The van der Waals surface area contributed by atoms with Crippen LogP contribution < -0.4 is 0 Å². The monoisotopic (exact) mass is 394 g/mol. The lowest BCUT2D eigenvalue weighted by atomic mass is 9.76. The van der Waals surface area contributed by atoms with Gasteiger partial charge in [0.15, 0.2) is 11.6 Å². The molecule has 2 aliphatic carbocycles. The number of hydrogen-bond acceptors (Lipinski definition) is 0. The quantitative estimate of drug-likeness (QED) is 0.435. The molecule has 29 heavy (non-hydrogen) atoms.